The van der Waals surface area contributed by atoms with Gasteiger partial charge in [-0.2, -0.15) is 0 Å². The van der Waals surface area contributed by atoms with Gasteiger partial charge >= 0.3 is 5.97 Å². The summed E-state index contributed by atoms with van der Waals surface area (Å²) in [5, 5.41) is 8.64. The molecule has 1 atom stereocenters. The maximum atomic E-state index is 11.8. The second-order valence-electron chi connectivity index (χ2n) is 4.34. The maximum absolute atomic E-state index is 11.8. The fraction of sp³-hybridized carbons (Fsp3) is 0.818. The van der Waals surface area contributed by atoms with Gasteiger partial charge in [-0.3, -0.25) is 9.59 Å². The summed E-state index contributed by atoms with van der Waals surface area (Å²) in [5.74, 6) is -1.30. The van der Waals surface area contributed by atoms with E-state index in [1.54, 1.807) is 4.90 Å². The summed E-state index contributed by atoms with van der Waals surface area (Å²) in [5.41, 5.74) is 0. The Balaban J connectivity index is 2.67. The van der Waals surface area contributed by atoms with Crippen LogP contribution in [0.15, 0.2) is 0 Å². The van der Waals surface area contributed by atoms with Crippen LogP contribution in [-0.2, 0) is 9.59 Å². The predicted molar refractivity (Wildman–Crippen MR) is 60.2 cm³/mol. The second kappa shape index (κ2) is 5.84. The normalized spacial score (nSPS) is 22.9. The molecule has 0 aromatic carbocycles. The summed E-state index contributed by atoms with van der Waals surface area (Å²) in [6.45, 7) is 4.51. The standard InChI is InChI=1S/C11H20N2O3/c1-3-9-8-12(2)5-4-6-13(9)10(14)7-11(15)16/h9H,3-8H2,1-2H3,(H,15,16). The third-order valence-electron chi connectivity index (χ3n) is 3.00. The molecular formula is C11H20N2O3. The molecule has 92 valence electrons. The Labute approximate surface area is 96.0 Å². The molecule has 1 aliphatic heterocycles. The van der Waals surface area contributed by atoms with Crippen LogP contribution in [0.1, 0.15) is 26.2 Å². The Kier molecular flexibility index (Phi) is 4.73. The number of likely N-dealkylation sites (N-methyl/N-ethyl adjacent to an activating group) is 1. The van der Waals surface area contributed by atoms with Crippen molar-refractivity contribution in [1.29, 1.82) is 0 Å². The Morgan fingerprint density at radius 1 is 1.38 bits per heavy atom. The van der Waals surface area contributed by atoms with Crippen molar-refractivity contribution >= 4 is 11.9 Å². The van der Waals surface area contributed by atoms with Crippen LogP contribution in [0, 0.1) is 0 Å². The molecule has 1 amide bonds. The minimum Gasteiger partial charge on any atom is -0.481 e. The maximum Gasteiger partial charge on any atom is 0.312 e. The number of carboxylic acid groups (broad SMARTS) is 1. The summed E-state index contributed by atoms with van der Waals surface area (Å²) < 4.78 is 0. The first-order valence-corrected chi connectivity index (χ1v) is 5.74. The number of amides is 1. The van der Waals surface area contributed by atoms with E-state index in [9.17, 15) is 9.59 Å². The average Bonchev–Trinajstić information content (AvgIpc) is 2.38. The lowest BCUT2D eigenvalue weighted by atomic mass is 10.1. The zero-order valence-corrected chi connectivity index (χ0v) is 9.98. The van der Waals surface area contributed by atoms with Crippen LogP contribution in [0.5, 0.6) is 0 Å². The van der Waals surface area contributed by atoms with Gasteiger partial charge in [-0.15, -0.1) is 0 Å². The Morgan fingerprint density at radius 2 is 2.06 bits per heavy atom. The molecule has 1 unspecified atom stereocenters. The smallest absolute Gasteiger partial charge is 0.312 e. The number of rotatable bonds is 3. The van der Waals surface area contributed by atoms with E-state index in [1.807, 2.05) is 14.0 Å². The van der Waals surface area contributed by atoms with E-state index in [4.69, 9.17) is 5.11 Å². The molecule has 1 aliphatic rings. The predicted octanol–water partition coefficient (Wildman–Crippen LogP) is 0.404. The lowest BCUT2D eigenvalue weighted by molar-refractivity contribution is -0.145. The number of hydrogen-bond donors (Lipinski definition) is 1. The van der Waals surface area contributed by atoms with Crippen LogP contribution >= 0.6 is 0 Å². The number of carbonyl (C=O) groups excluding carboxylic acids is 1. The second-order valence-corrected chi connectivity index (χ2v) is 4.34. The van der Waals surface area contributed by atoms with E-state index in [0.29, 0.717) is 6.54 Å². The van der Waals surface area contributed by atoms with Gasteiger partial charge in [0.05, 0.1) is 0 Å². The molecule has 0 bridgehead atoms. The van der Waals surface area contributed by atoms with E-state index < -0.39 is 5.97 Å². The van der Waals surface area contributed by atoms with Gasteiger partial charge in [0.1, 0.15) is 6.42 Å². The molecule has 1 fully saturated rings. The molecule has 0 radical (unpaired) electrons. The lowest BCUT2D eigenvalue weighted by Crippen LogP contribution is -2.44. The molecule has 5 nitrogen and oxygen atoms in total. The molecule has 0 aromatic rings. The Morgan fingerprint density at radius 3 is 2.62 bits per heavy atom. The van der Waals surface area contributed by atoms with Gasteiger partial charge in [0.2, 0.25) is 5.91 Å². The van der Waals surface area contributed by atoms with Crippen LogP contribution in [0.2, 0.25) is 0 Å². The topological polar surface area (TPSA) is 60.9 Å². The van der Waals surface area contributed by atoms with Gasteiger partial charge < -0.3 is 14.9 Å². The zero-order valence-electron chi connectivity index (χ0n) is 9.98. The van der Waals surface area contributed by atoms with E-state index >= 15 is 0 Å². The molecule has 1 heterocycles. The Hall–Kier alpha value is -1.10. The molecule has 1 N–H and O–H groups in total. The Bertz CT molecular complexity index is 268. The van der Waals surface area contributed by atoms with Gasteiger partial charge in [0, 0.05) is 19.1 Å². The lowest BCUT2D eigenvalue weighted by Gasteiger charge is -2.29. The number of carboxylic acids is 1. The SMILES string of the molecule is CCC1CN(C)CCCN1C(=O)CC(=O)O. The first-order chi connectivity index (χ1) is 7.54. The van der Waals surface area contributed by atoms with Gasteiger partial charge in [-0.05, 0) is 26.4 Å². The van der Waals surface area contributed by atoms with Gasteiger partial charge in [-0.1, -0.05) is 6.92 Å². The number of hydrogen-bond acceptors (Lipinski definition) is 3. The van der Waals surface area contributed by atoms with E-state index in [-0.39, 0.29) is 18.4 Å². The molecule has 0 spiro atoms. The molecule has 16 heavy (non-hydrogen) atoms. The van der Waals surface area contributed by atoms with Crippen molar-refractivity contribution in [2.75, 3.05) is 26.7 Å². The number of aliphatic carboxylic acids is 1. The van der Waals surface area contributed by atoms with Crippen molar-refractivity contribution in [3.63, 3.8) is 0 Å². The van der Waals surface area contributed by atoms with Gasteiger partial charge in [0.15, 0.2) is 0 Å². The van der Waals surface area contributed by atoms with Crippen LogP contribution in [-0.4, -0.2) is 59.5 Å². The zero-order chi connectivity index (χ0) is 12.1. The monoisotopic (exact) mass is 228 g/mol. The summed E-state index contributed by atoms with van der Waals surface area (Å²) in [6, 6.07) is 0.152. The van der Waals surface area contributed by atoms with Crippen molar-refractivity contribution in [3.8, 4) is 0 Å². The largest absolute Gasteiger partial charge is 0.481 e. The van der Waals surface area contributed by atoms with E-state index in [2.05, 4.69) is 4.90 Å². The highest BCUT2D eigenvalue weighted by molar-refractivity contribution is 5.93. The molecule has 1 saturated heterocycles. The summed E-state index contributed by atoms with van der Waals surface area (Å²) in [7, 11) is 2.04. The summed E-state index contributed by atoms with van der Waals surface area (Å²) in [4.78, 5) is 26.2. The third-order valence-corrected chi connectivity index (χ3v) is 3.00. The molecule has 0 aliphatic carbocycles. The van der Waals surface area contributed by atoms with Crippen molar-refractivity contribution in [2.24, 2.45) is 0 Å². The number of carbonyl (C=O) groups is 2. The van der Waals surface area contributed by atoms with Crippen molar-refractivity contribution in [2.45, 2.75) is 32.2 Å². The van der Waals surface area contributed by atoms with Crippen LogP contribution in [0.3, 0.4) is 0 Å². The average molecular weight is 228 g/mol. The molecule has 1 rings (SSSR count). The quantitative estimate of drug-likeness (QED) is 0.710. The minimum absolute atomic E-state index is 0.152. The summed E-state index contributed by atoms with van der Waals surface area (Å²) >= 11 is 0. The fourth-order valence-electron chi connectivity index (χ4n) is 2.15. The first-order valence-electron chi connectivity index (χ1n) is 5.74. The van der Waals surface area contributed by atoms with Crippen molar-refractivity contribution in [1.82, 2.24) is 9.80 Å². The number of nitrogens with zero attached hydrogens (tertiary/aromatic N) is 2. The van der Waals surface area contributed by atoms with Gasteiger partial charge in [0.25, 0.3) is 0 Å². The first kappa shape index (κ1) is 13.0. The minimum atomic E-state index is -1.04. The van der Waals surface area contributed by atoms with Crippen LogP contribution in [0.4, 0.5) is 0 Å². The highest BCUT2D eigenvalue weighted by Crippen LogP contribution is 2.13. The van der Waals surface area contributed by atoms with Crippen LogP contribution in [0.25, 0.3) is 0 Å². The molecule has 5 heteroatoms. The fourth-order valence-corrected chi connectivity index (χ4v) is 2.15. The van der Waals surface area contributed by atoms with Gasteiger partial charge in [-0.25, -0.2) is 0 Å². The van der Waals surface area contributed by atoms with E-state index in [1.165, 1.54) is 0 Å². The summed E-state index contributed by atoms with van der Waals surface area (Å²) in [6.07, 6.45) is 1.40. The highest BCUT2D eigenvalue weighted by atomic mass is 16.4. The molecule has 0 saturated carbocycles. The van der Waals surface area contributed by atoms with Crippen molar-refractivity contribution < 1.29 is 14.7 Å². The third kappa shape index (κ3) is 3.48. The molecular weight excluding hydrogens is 208 g/mol. The van der Waals surface area contributed by atoms with E-state index in [0.717, 1.165) is 25.9 Å². The van der Waals surface area contributed by atoms with Crippen LogP contribution < -0.4 is 0 Å². The molecule has 0 aromatic heterocycles. The van der Waals surface area contributed by atoms with Crippen molar-refractivity contribution in [3.05, 3.63) is 0 Å². The highest BCUT2D eigenvalue weighted by Gasteiger charge is 2.26.